The summed E-state index contributed by atoms with van der Waals surface area (Å²) >= 11 is 0. The molecule has 0 aliphatic heterocycles. The molecule has 0 aliphatic rings. The zero-order chi connectivity index (χ0) is 39.3. The van der Waals surface area contributed by atoms with Crippen molar-refractivity contribution in [1.29, 1.82) is 5.26 Å². The number of nitriles is 1. The number of nitrogens with two attached hydrogens (primary N) is 1. The number of amides is 1. The summed E-state index contributed by atoms with van der Waals surface area (Å²) in [5, 5.41) is 19.6. The Balaban J connectivity index is 1.47. The van der Waals surface area contributed by atoms with Crippen molar-refractivity contribution in [2.45, 2.75) is 70.4 Å². The highest BCUT2D eigenvalue weighted by atomic mass is 31.2. The highest BCUT2D eigenvalue weighted by Crippen LogP contribution is 2.46. The first-order chi connectivity index (χ1) is 25.8. The van der Waals surface area contributed by atoms with E-state index in [-0.39, 0.29) is 25.2 Å². The first-order valence-corrected chi connectivity index (χ1v) is 18.4. The number of fused-ring (bicyclic) bond motifs is 1. The molecule has 2 aromatic heterocycles. The average molecular weight is 766 g/mol. The lowest BCUT2D eigenvalue weighted by molar-refractivity contribution is -0.149. The van der Waals surface area contributed by atoms with E-state index in [9.17, 15) is 24.2 Å². The Hall–Kier alpha value is -5.53. The lowest BCUT2D eigenvalue weighted by Crippen LogP contribution is -2.43. The number of aryl methyl sites for hydroxylation is 1. The van der Waals surface area contributed by atoms with Crippen LogP contribution in [0.3, 0.4) is 0 Å². The van der Waals surface area contributed by atoms with E-state index in [1.807, 2.05) is 18.2 Å². The third kappa shape index (κ3) is 11.5. The predicted octanol–water partition coefficient (Wildman–Crippen LogP) is 4.30. The molecule has 4 aromatic rings. The van der Waals surface area contributed by atoms with Gasteiger partial charge < -0.3 is 34.5 Å². The number of aromatic nitrogens is 3. The second-order valence-electron chi connectivity index (χ2n) is 12.4. The van der Waals surface area contributed by atoms with Crippen LogP contribution in [-0.2, 0) is 57.1 Å². The molecule has 0 fully saturated rings. The number of nitrogens with zero attached hydrogens (tertiary/aromatic N) is 4. The number of alkyl carbamates (subject to hydrolysis) is 1. The van der Waals surface area contributed by atoms with Gasteiger partial charge in [0.15, 0.2) is 11.4 Å². The predicted molar refractivity (Wildman–Crippen MR) is 195 cm³/mol. The average Bonchev–Trinajstić information content (AvgIpc) is 3.59. The first kappa shape index (κ1) is 41.2. The minimum atomic E-state index is -4.43. The van der Waals surface area contributed by atoms with Crippen LogP contribution in [0.25, 0.3) is 5.52 Å². The summed E-state index contributed by atoms with van der Waals surface area (Å²) in [6.45, 7) is 4.24. The molecule has 0 bridgehead atoms. The fourth-order valence-corrected chi connectivity index (χ4v) is 6.64. The van der Waals surface area contributed by atoms with Gasteiger partial charge in [-0.05, 0) is 69.0 Å². The van der Waals surface area contributed by atoms with E-state index in [0.717, 1.165) is 5.56 Å². The summed E-state index contributed by atoms with van der Waals surface area (Å²) in [6, 6.07) is 18.6. The highest BCUT2D eigenvalue weighted by Gasteiger charge is 2.39. The van der Waals surface area contributed by atoms with Gasteiger partial charge in [0.05, 0.1) is 13.2 Å². The number of rotatable bonds is 19. The molecule has 0 saturated heterocycles. The van der Waals surface area contributed by atoms with Gasteiger partial charge in [-0.15, -0.1) is 0 Å². The van der Waals surface area contributed by atoms with Gasteiger partial charge in [0, 0.05) is 19.2 Å². The number of hydrogen-bond donors (Lipinski definition) is 3. The van der Waals surface area contributed by atoms with Crippen LogP contribution in [-0.4, -0.2) is 77.2 Å². The molecule has 0 spiro atoms. The van der Waals surface area contributed by atoms with E-state index in [0.29, 0.717) is 29.0 Å². The van der Waals surface area contributed by atoms with E-state index < -0.39 is 56.2 Å². The number of nitrogen functional groups attached to an aromatic ring is 1. The Labute approximate surface area is 312 Å². The van der Waals surface area contributed by atoms with Crippen LogP contribution < -0.4 is 20.7 Å². The maximum Gasteiger partial charge on any atom is 0.459 e. The van der Waals surface area contributed by atoms with Gasteiger partial charge in [0.25, 0.3) is 0 Å². The minimum Gasteiger partial charge on any atom is -0.467 e. The van der Waals surface area contributed by atoms with Crippen molar-refractivity contribution in [3.05, 3.63) is 89.9 Å². The number of carbonyl (C=O) groups excluding carboxylic acids is 3. The number of methoxy groups -OCH3 is 2. The summed E-state index contributed by atoms with van der Waals surface area (Å²) in [7, 11) is -1.91. The Morgan fingerprint density at radius 2 is 1.72 bits per heavy atom. The van der Waals surface area contributed by atoms with Crippen molar-refractivity contribution in [2.24, 2.45) is 0 Å². The molecule has 2 aromatic carbocycles. The van der Waals surface area contributed by atoms with E-state index in [2.05, 4.69) is 26.6 Å². The van der Waals surface area contributed by atoms with Crippen LogP contribution in [0, 0.1) is 11.3 Å². The monoisotopic (exact) mass is 765 g/mol. The minimum absolute atomic E-state index is 0.00577. The number of nitrogens with one attached hydrogen (secondary N) is 2. The van der Waals surface area contributed by atoms with Crippen LogP contribution in [0.2, 0.25) is 0 Å². The summed E-state index contributed by atoms with van der Waals surface area (Å²) in [5.41, 5.74) is 7.00. The Morgan fingerprint density at radius 3 is 2.37 bits per heavy atom. The summed E-state index contributed by atoms with van der Waals surface area (Å²) < 4.78 is 48.5. The van der Waals surface area contributed by atoms with Gasteiger partial charge >= 0.3 is 25.8 Å². The molecule has 4 atom stereocenters. The van der Waals surface area contributed by atoms with Gasteiger partial charge in [-0.3, -0.25) is 9.32 Å². The van der Waals surface area contributed by atoms with Crippen LogP contribution >= 0.6 is 7.75 Å². The van der Waals surface area contributed by atoms with Crippen LogP contribution in [0.5, 0.6) is 5.75 Å². The van der Waals surface area contributed by atoms with Crippen LogP contribution in [0.15, 0.2) is 73.1 Å². The number of anilines is 1. The second-order valence-corrected chi connectivity index (χ2v) is 14.1. The molecule has 0 aliphatic carbocycles. The van der Waals surface area contributed by atoms with Crippen molar-refractivity contribution in [3.8, 4) is 11.8 Å². The second kappa shape index (κ2) is 19.0. The van der Waals surface area contributed by atoms with E-state index in [1.165, 1.54) is 39.6 Å². The van der Waals surface area contributed by atoms with E-state index in [1.54, 1.807) is 54.8 Å². The first-order valence-electron chi connectivity index (χ1n) is 16.9. The van der Waals surface area contributed by atoms with Gasteiger partial charge in [0.2, 0.25) is 0 Å². The zero-order valence-corrected chi connectivity index (χ0v) is 31.5. The molecule has 1 unspecified atom stereocenters. The molecule has 0 radical (unpaired) electrons. The van der Waals surface area contributed by atoms with Gasteiger partial charge in [-0.1, -0.05) is 42.5 Å². The maximum atomic E-state index is 14.3. The number of esters is 2. The summed E-state index contributed by atoms with van der Waals surface area (Å²) in [4.78, 5) is 41.7. The lowest BCUT2D eigenvalue weighted by atomic mass is 9.99. The van der Waals surface area contributed by atoms with Gasteiger partial charge in [-0.2, -0.15) is 15.4 Å². The largest absolute Gasteiger partial charge is 0.467 e. The maximum absolute atomic E-state index is 14.3. The molecule has 17 nitrogen and oxygen atoms in total. The standard InChI is InChI=1S/C36H44N7O10P/c1-24(2)52-33(44)25(3)42-54(47,51-22-36(21-37,49-5)18-17-28-13-16-31-32(38)39-23-40-43(28)31)53-29-14-11-26(12-15-29)19-30(34(45)48-4)41-35(46)50-20-27-9-7-6-8-10-27/h6-16,23-25,30H,17-20,22H2,1-5H3,(H,41,46)(H,42,47)(H2,38,39,40)/t25-,30-,36+,54?/m0/s1. The summed E-state index contributed by atoms with van der Waals surface area (Å²) in [5.74, 6) is -1.06. The van der Waals surface area contributed by atoms with Crippen LogP contribution in [0.4, 0.5) is 10.6 Å². The molecule has 288 valence electrons. The lowest BCUT2D eigenvalue weighted by Gasteiger charge is -2.28. The fourth-order valence-electron chi connectivity index (χ4n) is 5.10. The number of benzene rings is 2. The number of ether oxygens (including phenoxy) is 4. The quantitative estimate of drug-likeness (QED) is 0.0687. The molecule has 0 saturated carbocycles. The normalized spacial score (nSPS) is 14.5. The number of carbonyl (C=O) groups is 3. The Kier molecular flexibility index (Phi) is 14.5. The SMILES string of the molecule is COC(=O)[C@H](Cc1ccc(OP(=O)(N[C@@H](C)C(=O)OC(C)C)OC[C@](C#N)(CCc2ccc3c(N)ncnn23)OC)cc1)NC(=O)OCc1ccccc1. The molecule has 18 heteroatoms. The molecular formula is C36H44N7O10P. The summed E-state index contributed by atoms with van der Waals surface area (Å²) in [6.07, 6.45) is 0.456. The van der Waals surface area contributed by atoms with Gasteiger partial charge in [-0.25, -0.2) is 23.7 Å². The highest BCUT2D eigenvalue weighted by molar-refractivity contribution is 7.52. The fraction of sp³-hybridized carbons (Fsp3) is 0.389. The smallest absolute Gasteiger partial charge is 0.459 e. The van der Waals surface area contributed by atoms with Crippen molar-refractivity contribution < 1.29 is 46.9 Å². The van der Waals surface area contributed by atoms with E-state index >= 15 is 0 Å². The van der Waals surface area contributed by atoms with Crippen molar-refractivity contribution in [1.82, 2.24) is 25.0 Å². The topological polar surface area (TPSA) is 228 Å². The third-order valence-corrected chi connectivity index (χ3v) is 9.67. The Bertz CT molecular complexity index is 1970. The van der Waals surface area contributed by atoms with Crippen molar-refractivity contribution >= 4 is 37.1 Å². The zero-order valence-electron chi connectivity index (χ0n) is 30.6. The number of hydrogen-bond acceptors (Lipinski definition) is 14. The molecule has 2 heterocycles. The molecule has 4 N–H and O–H groups in total. The van der Waals surface area contributed by atoms with Gasteiger partial charge in [0.1, 0.15) is 49.0 Å². The Morgan fingerprint density at radius 1 is 1.00 bits per heavy atom. The van der Waals surface area contributed by atoms with Crippen molar-refractivity contribution in [3.63, 3.8) is 0 Å². The third-order valence-electron chi connectivity index (χ3n) is 8.04. The molecule has 1 amide bonds. The van der Waals surface area contributed by atoms with Crippen LogP contribution in [0.1, 0.15) is 44.0 Å². The molecule has 4 rings (SSSR count). The molecule has 54 heavy (non-hydrogen) atoms. The molecular weight excluding hydrogens is 721 g/mol. The van der Waals surface area contributed by atoms with E-state index in [4.69, 9.17) is 33.7 Å². The van der Waals surface area contributed by atoms with Crippen molar-refractivity contribution in [2.75, 3.05) is 26.6 Å².